The summed E-state index contributed by atoms with van der Waals surface area (Å²) in [7, 11) is -0.498. The van der Waals surface area contributed by atoms with Crippen molar-refractivity contribution in [2.24, 2.45) is 0 Å². The van der Waals surface area contributed by atoms with Crippen molar-refractivity contribution in [3.05, 3.63) is 34.8 Å². The van der Waals surface area contributed by atoms with E-state index < -0.39 is 18.3 Å². The van der Waals surface area contributed by atoms with Gasteiger partial charge in [0.25, 0.3) is 0 Å². The van der Waals surface area contributed by atoms with E-state index in [4.69, 9.17) is 27.5 Å². The lowest BCUT2D eigenvalue weighted by Crippen LogP contribution is -2.41. The van der Waals surface area contributed by atoms with Crippen LogP contribution in [0.4, 0.5) is 5.69 Å². The van der Waals surface area contributed by atoms with E-state index in [1.807, 2.05) is 39.8 Å². The first-order valence-electron chi connectivity index (χ1n) is 9.88. The Morgan fingerprint density at radius 2 is 1.75 bits per heavy atom. The fourth-order valence-electron chi connectivity index (χ4n) is 4.17. The first kappa shape index (κ1) is 19.8. The summed E-state index contributed by atoms with van der Waals surface area (Å²) >= 11 is 6.37. The van der Waals surface area contributed by atoms with Gasteiger partial charge in [-0.15, -0.1) is 0 Å². The van der Waals surface area contributed by atoms with Crippen LogP contribution in [0.25, 0.3) is 15.7 Å². The Bertz CT molecular complexity index is 939. The van der Waals surface area contributed by atoms with Crippen molar-refractivity contribution < 1.29 is 14.4 Å². The number of hydrogen-bond donors (Lipinski definition) is 1. The van der Waals surface area contributed by atoms with Crippen LogP contribution < -0.4 is 5.46 Å². The second-order valence-corrected chi connectivity index (χ2v) is 9.38. The molecular weight excluding hydrogens is 375 g/mol. The number of aliphatic hydroxyl groups is 1. The summed E-state index contributed by atoms with van der Waals surface area (Å²) in [5.41, 5.74) is 1.49. The Hall–Kier alpha value is -1.52. The van der Waals surface area contributed by atoms with Gasteiger partial charge in [0.05, 0.1) is 23.9 Å². The molecule has 1 aliphatic carbocycles. The molecule has 5 nitrogen and oxygen atoms in total. The second kappa shape index (κ2) is 6.78. The van der Waals surface area contributed by atoms with Crippen molar-refractivity contribution in [3.63, 3.8) is 0 Å². The Morgan fingerprint density at radius 1 is 1.14 bits per heavy atom. The number of hydrogen-bond acceptors (Lipinski definition) is 3. The molecule has 2 fully saturated rings. The molecule has 2 aromatic rings. The molecule has 2 aliphatic rings. The molecule has 2 heterocycles. The molecule has 0 radical (unpaired) electrons. The minimum atomic E-state index is -0.498. The predicted molar refractivity (Wildman–Crippen MR) is 112 cm³/mol. The molecule has 1 saturated heterocycles. The zero-order valence-corrected chi connectivity index (χ0v) is 17.6. The third-order valence-electron chi connectivity index (χ3n) is 6.62. The molecule has 1 aromatic heterocycles. The maximum atomic E-state index is 9.89. The van der Waals surface area contributed by atoms with Crippen LogP contribution in [0.15, 0.2) is 18.3 Å². The second-order valence-electron chi connectivity index (χ2n) is 8.97. The Kier molecular flexibility index (Phi) is 4.79. The summed E-state index contributed by atoms with van der Waals surface area (Å²) < 4.78 is 14.8. The van der Waals surface area contributed by atoms with Gasteiger partial charge in [0.2, 0.25) is 5.69 Å². The van der Waals surface area contributed by atoms with Gasteiger partial charge in [-0.1, -0.05) is 11.6 Å². The number of nitrogens with zero attached hydrogens (tertiary/aromatic N) is 2. The fraction of sp³-hybridized carbons (Fsp3) is 0.571. The van der Waals surface area contributed by atoms with Crippen LogP contribution in [-0.2, 0) is 9.31 Å². The molecular formula is C21H26BClN2O3. The van der Waals surface area contributed by atoms with Gasteiger partial charge in [0.1, 0.15) is 0 Å². The van der Waals surface area contributed by atoms with Crippen molar-refractivity contribution >= 4 is 40.8 Å². The molecule has 0 unspecified atom stereocenters. The number of benzene rings is 1. The van der Waals surface area contributed by atoms with Crippen molar-refractivity contribution in [3.8, 4) is 0 Å². The molecule has 1 saturated carbocycles. The van der Waals surface area contributed by atoms with E-state index in [1.165, 1.54) is 0 Å². The van der Waals surface area contributed by atoms with Gasteiger partial charge in [0.15, 0.2) is 0 Å². The van der Waals surface area contributed by atoms with Crippen LogP contribution >= 0.6 is 11.6 Å². The average molecular weight is 401 g/mol. The largest absolute Gasteiger partial charge is 0.496 e. The highest BCUT2D eigenvalue weighted by Crippen LogP contribution is 2.39. The molecule has 0 atom stereocenters. The minimum absolute atomic E-state index is 0.210. The third-order valence-corrected chi connectivity index (χ3v) is 6.92. The number of halogens is 1. The summed E-state index contributed by atoms with van der Waals surface area (Å²) in [6.45, 7) is 15.6. The van der Waals surface area contributed by atoms with Crippen molar-refractivity contribution in [2.75, 3.05) is 0 Å². The first-order valence-corrected chi connectivity index (χ1v) is 10.3. The topological polar surface area (TPSA) is 48.0 Å². The van der Waals surface area contributed by atoms with Gasteiger partial charge in [-0.3, -0.25) is 0 Å². The molecule has 0 amide bonds. The smallest absolute Gasteiger partial charge is 0.399 e. The van der Waals surface area contributed by atoms with Crippen LogP contribution in [0.5, 0.6) is 0 Å². The molecule has 0 bridgehead atoms. The maximum Gasteiger partial charge on any atom is 0.496 e. The standard InChI is InChI=1S/C21H26BClN2O3/c1-20(2)21(3,4)28-22(27-20)16-12-25(13-6-8-14(26)9-7-13)19-11-17(23)18(24-5)10-15(16)19/h10-14,26H,6-9H2,1-4H3. The third kappa shape index (κ3) is 3.15. The van der Waals surface area contributed by atoms with E-state index in [0.717, 1.165) is 42.0 Å². The Balaban J connectivity index is 1.84. The predicted octanol–water partition coefficient (Wildman–Crippen LogP) is 4.62. The zero-order valence-electron chi connectivity index (χ0n) is 16.8. The zero-order chi connectivity index (χ0) is 20.3. The maximum absolute atomic E-state index is 9.89. The van der Waals surface area contributed by atoms with Gasteiger partial charge >= 0.3 is 7.12 Å². The molecule has 0 spiro atoms. The van der Waals surface area contributed by atoms with Gasteiger partial charge < -0.3 is 19.0 Å². The van der Waals surface area contributed by atoms with Crippen LogP contribution in [0.1, 0.15) is 59.4 Å². The Labute approximate surface area is 171 Å². The van der Waals surface area contributed by atoms with Gasteiger partial charge in [-0.25, -0.2) is 4.85 Å². The highest BCUT2D eigenvalue weighted by molar-refractivity contribution is 6.65. The minimum Gasteiger partial charge on any atom is -0.399 e. The van der Waals surface area contributed by atoms with E-state index in [2.05, 4.69) is 15.6 Å². The van der Waals surface area contributed by atoms with Crippen LogP contribution in [0, 0.1) is 6.57 Å². The summed E-state index contributed by atoms with van der Waals surface area (Å²) in [6.07, 6.45) is 5.30. The lowest BCUT2D eigenvalue weighted by Gasteiger charge is -2.32. The number of fused-ring (bicyclic) bond motifs is 1. The SMILES string of the molecule is [C-]#[N+]c1cc2c(B3OC(C)(C)C(C)(C)O3)cn(C3CCC(O)CC3)c2cc1Cl. The Morgan fingerprint density at radius 3 is 2.32 bits per heavy atom. The average Bonchev–Trinajstić information content (AvgIpc) is 3.08. The van der Waals surface area contributed by atoms with Crippen LogP contribution in [0.2, 0.25) is 5.02 Å². The number of aliphatic hydroxyl groups excluding tert-OH is 1. The van der Waals surface area contributed by atoms with E-state index >= 15 is 0 Å². The molecule has 4 rings (SSSR count). The molecule has 28 heavy (non-hydrogen) atoms. The summed E-state index contributed by atoms with van der Waals surface area (Å²) in [6, 6.07) is 4.01. The van der Waals surface area contributed by atoms with Gasteiger partial charge in [-0.05, 0) is 70.9 Å². The lowest BCUT2D eigenvalue weighted by atomic mass is 9.79. The summed E-state index contributed by atoms with van der Waals surface area (Å²) in [5, 5.41) is 11.3. The highest BCUT2D eigenvalue weighted by Gasteiger charge is 2.52. The summed E-state index contributed by atoms with van der Waals surface area (Å²) in [5.74, 6) is 0. The monoisotopic (exact) mass is 400 g/mol. The van der Waals surface area contributed by atoms with Gasteiger partial charge in [-0.2, -0.15) is 0 Å². The number of aromatic nitrogens is 1. The van der Waals surface area contributed by atoms with Crippen molar-refractivity contribution in [1.29, 1.82) is 0 Å². The van der Waals surface area contributed by atoms with Crippen LogP contribution in [-0.4, -0.2) is 34.1 Å². The molecule has 1 aliphatic heterocycles. The molecule has 148 valence electrons. The quantitative estimate of drug-likeness (QED) is 0.591. The van der Waals surface area contributed by atoms with E-state index in [1.54, 1.807) is 0 Å². The number of rotatable bonds is 2. The molecule has 1 aromatic carbocycles. The van der Waals surface area contributed by atoms with Crippen molar-refractivity contribution in [1.82, 2.24) is 4.57 Å². The van der Waals surface area contributed by atoms with E-state index in [9.17, 15) is 5.11 Å². The lowest BCUT2D eigenvalue weighted by molar-refractivity contribution is 0.00578. The van der Waals surface area contributed by atoms with Gasteiger partial charge in [0, 0.05) is 28.2 Å². The van der Waals surface area contributed by atoms with E-state index in [-0.39, 0.29) is 12.1 Å². The first-order chi connectivity index (χ1) is 13.1. The van der Waals surface area contributed by atoms with Crippen LogP contribution in [0.3, 0.4) is 0 Å². The summed E-state index contributed by atoms with van der Waals surface area (Å²) in [4.78, 5) is 3.57. The molecule has 7 heteroatoms. The van der Waals surface area contributed by atoms with Crippen molar-refractivity contribution in [2.45, 2.75) is 76.7 Å². The van der Waals surface area contributed by atoms with E-state index in [0.29, 0.717) is 10.7 Å². The molecule has 1 N–H and O–H groups in total. The normalized spacial score (nSPS) is 26.5. The highest BCUT2D eigenvalue weighted by atomic mass is 35.5. The fourth-order valence-corrected chi connectivity index (χ4v) is 4.37.